The van der Waals surface area contributed by atoms with Gasteiger partial charge in [0, 0.05) is 19.4 Å². The van der Waals surface area contributed by atoms with Gasteiger partial charge in [-0.25, -0.2) is 0 Å². The Kier molecular flexibility index (Phi) is 2.16. The number of nitrogens with zero attached hydrogens (tertiary/aromatic N) is 2. The van der Waals surface area contributed by atoms with Crippen LogP contribution in [0.15, 0.2) is 0 Å². The topological polar surface area (TPSA) is 3.24 Å². The molecule has 0 amide bonds. The summed E-state index contributed by atoms with van der Waals surface area (Å²) in [6.07, 6.45) is 2.89. The molecule has 0 N–H and O–H groups in total. The molecule has 2 aliphatic rings. The first-order valence-electron chi connectivity index (χ1n) is 5.68. The largest absolute Gasteiger partial charge is 0.306 e. The Bertz CT molecular complexity index is 192. The molecule has 13 heavy (non-hydrogen) atoms. The summed E-state index contributed by atoms with van der Waals surface area (Å²) in [6.45, 7) is 13.9. The summed E-state index contributed by atoms with van der Waals surface area (Å²) in [5.74, 6) is 0. The zero-order valence-electron chi connectivity index (χ0n) is 9.34. The van der Waals surface area contributed by atoms with Gasteiger partial charge in [-0.15, -0.1) is 0 Å². The molecule has 2 heterocycles. The lowest BCUT2D eigenvalue weighted by molar-refractivity contribution is -0.952. The van der Waals surface area contributed by atoms with Crippen molar-refractivity contribution in [3.63, 3.8) is 0 Å². The lowest BCUT2D eigenvalue weighted by Crippen LogP contribution is -2.56. The van der Waals surface area contributed by atoms with Gasteiger partial charge < -0.3 is 4.48 Å². The van der Waals surface area contributed by atoms with E-state index < -0.39 is 0 Å². The minimum absolute atomic E-state index is 0.506. The van der Waals surface area contributed by atoms with Crippen molar-refractivity contribution in [2.45, 2.75) is 39.2 Å². The van der Waals surface area contributed by atoms with Gasteiger partial charge in [-0.3, -0.25) is 4.90 Å². The second-order valence-corrected chi connectivity index (χ2v) is 5.40. The minimum atomic E-state index is 0.506. The predicted octanol–water partition coefficient (Wildman–Crippen LogP) is 1.67. The van der Waals surface area contributed by atoms with Crippen molar-refractivity contribution in [2.24, 2.45) is 0 Å². The number of quaternary nitrogens is 1. The highest BCUT2D eigenvalue weighted by molar-refractivity contribution is 4.83. The normalized spacial score (nSPS) is 31.6. The highest BCUT2D eigenvalue weighted by Gasteiger charge is 2.52. The van der Waals surface area contributed by atoms with Crippen LogP contribution in [0.4, 0.5) is 0 Å². The van der Waals surface area contributed by atoms with Crippen LogP contribution in [-0.4, -0.2) is 47.8 Å². The average molecular weight is 183 g/mol. The third-order valence-corrected chi connectivity index (χ3v) is 4.23. The summed E-state index contributed by atoms with van der Waals surface area (Å²) in [5, 5.41) is 0. The molecule has 0 aromatic heterocycles. The van der Waals surface area contributed by atoms with E-state index in [0.717, 1.165) is 0 Å². The van der Waals surface area contributed by atoms with Crippen molar-refractivity contribution >= 4 is 0 Å². The number of hydrogen-bond donors (Lipinski definition) is 0. The second-order valence-electron chi connectivity index (χ2n) is 5.40. The van der Waals surface area contributed by atoms with Crippen LogP contribution in [0.1, 0.15) is 33.6 Å². The lowest BCUT2D eigenvalue weighted by atomic mass is 10.0. The first-order valence-corrected chi connectivity index (χ1v) is 5.68. The van der Waals surface area contributed by atoms with E-state index in [1.807, 2.05) is 0 Å². The molecule has 0 bridgehead atoms. The van der Waals surface area contributed by atoms with Gasteiger partial charge in [0.1, 0.15) is 12.2 Å². The molecule has 1 spiro atoms. The molecule has 0 atom stereocenters. The number of rotatable bonds is 1. The number of hydrogen-bond acceptors (Lipinski definition) is 1. The van der Waals surface area contributed by atoms with Gasteiger partial charge in [0.05, 0.1) is 19.6 Å². The summed E-state index contributed by atoms with van der Waals surface area (Å²) in [5.41, 5.74) is 0.506. The van der Waals surface area contributed by atoms with Crippen molar-refractivity contribution in [1.82, 2.24) is 4.90 Å². The third kappa shape index (κ3) is 1.31. The Balaban J connectivity index is 2.18. The Labute approximate surface area is 82.1 Å². The average Bonchev–Trinajstić information content (AvgIpc) is 2.61. The Morgan fingerprint density at radius 3 is 2.31 bits per heavy atom. The SMILES string of the molecule is CCN1CC(C)(C)[N+]2(CCCC2)C1. The standard InChI is InChI=1S/C11H23N2/c1-4-12-9-11(2,3)13(10-12)7-5-6-8-13/h4-10H2,1-3H3/q+1. The van der Waals surface area contributed by atoms with Crippen LogP contribution in [-0.2, 0) is 0 Å². The van der Waals surface area contributed by atoms with Gasteiger partial charge in [-0.05, 0) is 13.8 Å². The maximum absolute atomic E-state index is 2.62. The smallest absolute Gasteiger partial charge is 0.135 e. The van der Waals surface area contributed by atoms with E-state index in [4.69, 9.17) is 0 Å². The molecule has 0 aromatic carbocycles. The zero-order chi connectivity index (χ0) is 9.53. The summed E-state index contributed by atoms with van der Waals surface area (Å²) in [7, 11) is 0. The maximum Gasteiger partial charge on any atom is 0.135 e. The quantitative estimate of drug-likeness (QED) is 0.559. The van der Waals surface area contributed by atoms with Crippen LogP contribution in [0.25, 0.3) is 0 Å². The Morgan fingerprint density at radius 1 is 1.23 bits per heavy atom. The van der Waals surface area contributed by atoms with Gasteiger partial charge in [0.25, 0.3) is 0 Å². The fraction of sp³-hybridized carbons (Fsp3) is 1.00. The van der Waals surface area contributed by atoms with Gasteiger partial charge >= 0.3 is 0 Å². The summed E-state index contributed by atoms with van der Waals surface area (Å²) in [4.78, 5) is 2.62. The molecule has 0 radical (unpaired) electrons. The van der Waals surface area contributed by atoms with Gasteiger partial charge in [-0.2, -0.15) is 0 Å². The minimum Gasteiger partial charge on any atom is -0.306 e. The van der Waals surface area contributed by atoms with E-state index in [0.29, 0.717) is 5.54 Å². The molecule has 2 fully saturated rings. The van der Waals surface area contributed by atoms with Crippen LogP contribution in [0.2, 0.25) is 0 Å². The van der Waals surface area contributed by atoms with Gasteiger partial charge in [0.2, 0.25) is 0 Å². The molecule has 2 saturated heterocycles. The monoisotopic (exact) mass is 183 g/mol. The Hall–Kier alpha value is -0.0800. The van der Waals surface area contributed by atoms with Crippen LogP contribution in [0.5, 0.6) is 0 Å². The highest BCUT2D eigenvalue weighted by atomic mass is 15.5. The predicted molar refractivity (Wildman–Crippen MR) is 55.4 cm³/mol. The van der Waals surface area contributed by atoms with E-state index in [9.17, 15) is 0 Å². The van der Waals surface area contributed by atoms with Gasteiger partial charge in [0.15, 0.2) is 0 Å². The summed E-state index contributed by atoms with van der Waals surface area (Å²) in [6, 6.07) is 0. The molecule has 0 aliphatic carbocycles. The molecule has 2 heteroatoms. The zero-order valence-corrected chi connectivity index (χ0v) is 9.34. The molecule has 0 unspecified atom stereocenters. The fourth-order valence-corrected chi connectivity index (χ4v) is 3.22. The Morgan fingerprint density at radius 2 is 1.85 bits per heavy atom. The highest BCUT2D eigenvalue weighted by Crippen LogP contribution is 2.37. The second kappa shape index (κ2) is 2.96. The molecule has 2 nitrogen and oxygen atoms in total. The van der Waals surface area contributed by atoms with Crippen molar-refractivity contribution in [3.05, 3.63) is 0 Å². The molecule has 0 aromatic rings. The van der Waals surface area contributed by atoms with Crippen LogP contribution < -0.4 is 0 Å². The maximum atomic E-state index is 2.62. The van der Waals surface area contributed by atoms with Crippen LogP contribution in [0, 0.1) is 0 Å². The van der Waals surface area contributed by atoms with Crippen LogP contribution in [0.3, 0.4) is 0 Å². The van der Waals surface area contributed by atoms with Crippen LogP contribution >= 0.6 is 0 Å². The number of likely N-dealkylation sites (N-methyl/N-ethyl adjacent to an activating group) is 1. The molecule has 2 aliphatic heterocycles. The van der Waals surface area contributed by atoms with E-state index >= 15 is 0 Å². The first kappa shape index (κ1) is 9.47. The van der Waals surface area contributed by atoms with Crippen molar-refractivity contribution < 1.29 is 4.48 Å². The first-order chi connectivity index (χ1) is 6.10. The molecular formula is C11H23N2+. The summed E-state index contributed by atoms with van der Waals surface area (Å²) < 4.78 is 1.38. The van der Waals surface area contributed by atoms with Crippen molar-refractivity contribution in [2.75, 3.05) is 32.8 Å². The van der Waals surface area contributed by atoms with Crippen molar-refractivity contribution in [3.8, 4) is 0 Å². The molecule has 2 rings (SSSR count). The molecule has 76 valence electrons. The van der Waals surface area contributed by atoms with Gasteiger partial charge in [-0.1, -0.05) is 6.92 Å². The van der Waals surface area contributed by atoms with E-state index in [-0.39, 0.29) is 0 Å². The fourth-order valence-electron chi connectivity index (χ4n) is 3.22. The molecular weight excluding hydrogens is 160 g/mol. The van der Waals surface area contributed by atoms with Crippen molar-refractivity contribution in [1.29, 1.82) is 0 Å². The molecule has 0 saturated carbocycles. The van der Waals surface area contributed by atoms with E-state index in [2.05, 4.69) is 25.7 Å². The lowest BCUT2D eigenvalue weighted by Gasteiger charge is -2.40. The van der Waals surface area contributed by atoms with E-state index in [1.165, 1.54) is 50.2 Å². The summed E-state index contributed by atoms with van der Waals surface area (Å²) >= 11 is 0. The van der Waals surface area contributed by atoms with E-state index in [1.54, 1.807) is 0 Å². The third-order valence-electron chi connectivity index (χ3n) is 4.23.